The first-order valence-electron chi connectivity index (χ1n) is 5.70. The van der Waals surface area contributed by atoms with Crippen LogP contribution in [0.5, 0.6) is 0 Å². The van der Waals surface area contributed by atoms with Gasteiger partial charge in [-0.3, -0.25) is 0 Å². The van der Waals surface area contributed by atoms with Gasteiger partial charge in [0.2, 0.25) is 0 Å². The first-order chi connectivity index (χ1) is 6.41. The molecule has 0 bridgehead atoms. The fourth-order valence-corrected chi connectivity index (χ4v) is 2.12. The Labute approximate surface area is 88.1 Å². The smallest absolute Gasteiger partial charge is 0.00411 e. The van der Waals surface area contributed by atoms with Gasteiger partial charge in [0.05, 0.1) is 0 Å². The second-order valence-corrected chi connectivity index (χ2v) is 4.65. The second-order valence-electron chi connectivity index (χ2n) is 3.42. The van der Waals surface area contributed by atoms with Gasteiger partial charge in [0.25, 0.3) is 0 Å². The van der Waals surface area contributed by atoms with Gasteiger partial charge < -0.3 is 5.32 Å². The Hall–Kier alpha value is 0.310. The van der Waals surface area contributed by atoms with Crippen molar-refractivity contribution < 1.29 is 0 Å². The maximum Gasteiger partial charge on any atom is -0.00411 e. The van der Waals surface area contributed by atoms with Crippen molar-refractivity contribution in [2.24, 2.45) is 0 Å². The maximum atomic E-state index is 3.42. The lowest BCUT2D eigenvalue weighted by molar-refractivity contribution is 0.664. The van der Waals surface area contributed by atoms with Gasteiger partial charge in [0.1, 0.15) is 0 Å². The summed E-state index contributed by atoms with van der Waals surface area (Å²) in [4.78, 5) is 0. The quantitative estimate of drug-likeness (QED) is 0.547. The predicted octanol–water partition coefficient (Wildman–Crippen LogP) is 3.30. The van der Waals surface area contributed by atoms with Gasteiger partial charge in [-0.25, -0.2) is 0 Å². The minimum absolute atomic E-state index is 1.18. The number of thioether (sulfide) groups is 1. The van der Waals surface area contributed by atoms with Crippen LogP contribution in [0.3, 0.4) is 0 Å². The molecule has 0 aliphatic heterocycles. The lowest BCUT2D eigenvalue weighted by Crippen LogP contribution is -2.16. The molecule has 0 aromatic rings. The van der Waals surface area contributed by atoms with Gasteiger partial charge in [0.15, 0.2) is 0 Å². The normalized spacial score (nSPS) is 10.6. The van der Waals surface area contributed by atoms with Crippen LogP contribution in [0.15, 0.2) is 0 Å². The molecule has 1 nitrogen and oxygen atoms in total. The molecule has 2 heteroatoms. The Morgan fingerprint density at radius 3 is 2.31 bits per heavy atom. The van der Waals surface area contributed by atoms with E-state index in [4.69, 9.17) is 0 Å². The van der Waals surface area contributed by atoms with Crippen molar-refractivity contribution >= 4 is 11.8 Å². The summed E-state index contributed by atoms with van der Waals surface area (Å²) in [5, 5.41) is 3.42. The van der Waals surface area contributed by atoms with E-state index in [1.807, 2.05) is 0 Å². The highest BCUT2D eigenvalue weighted by Gasteiger charge is 1.90. The molecule has 80 valence electrons. The van der Waals surface area contributed by atoms with Crippen molar-refractivity contribution in [1.82, 2.24) is 5.32 Å². The maximum absolute atomic E-state index is 3.42. The lowest BCUT2D eigenvalue weighted by Gasteiger charge is -2.02. The van der Waals surface area contributed by atoms with Gasteiger partial charge in [-0.15, -0.1) is 0 Å². The van der Waals surface area contributed by atoms with E-state index < -0.39 is 0 Å². The fraction of sp³-hybridized carbons (Fsp3) is 1.00. The summed E-state index contributed by atoms with van der Waals surface area (Å²) in [6.07, 6.45) is 6.74. The minimum Gasteiger partial charge on any atom is -0.317 e. The third-order valence-corrected chi connectivity index (χ3v) is 3.12. The minimum atomic E-state index is 1.18. The Kier molecular flexibility index (Phi) is 12.6. The molecule has 0 saturated heterocycles. The Balaban J connectivity index is 2.76. The highest BCUT2D eigenvalue weighted by Crippen LogP contribution is 2.06. The summed E-state index contributed by atoms with van der Waals surface area (Å²) < 4.78 is 0. The average Bonchev–Trinajstić information content (AvgIpc) is 2.16. The van der Waals surface area contributed by atoms with Gasteiger partial charge in [-0.1, -0.05) is 26.7 Å². The van der Waals surface area contributed by atoms with Crippen molar-refractivity contribution in [3.8, 4) is 0 Å². The molecular weight excluding hydrogens is 178 g/mol. The summed E-state index contributed by atoms with van der Waals surface area (Å²) in [5.41, 5.74) is 0. The van der Waals surface area contributed by atoms with Crippen molar-refractivity contribution in [3.63, 3.8) is 0 Å². The van der Waals surface area contributed by atoms with Crippen LogP contribution < -0.4 is 5.32 Å². The topological polar surface area (TPSA) is 12.0 Å². The van der Waals surface area contributed by atoms with Crippen LogP contribution in [-0.2, 0) is 0 Å². The molecule has 0 rings (SSSR count). The van der Waals surface area contributed by atoms with Crippen molar-refractivity contribution in [2.75, 3.05) is 24.6 Å². The Morgan fingerprint density at radius 1 is 0.846 bits per heavy atom. The third-order valence-electron chi connectivity index (χ3n) is 1.96. The number of unbranched alkanes of at least 4 members (excludes halogenated alkanes) is 2. The SMILES string of the molecule is CCCCCSCCCNCCC. The third kappa shape index (κ3) is 12.3. The van der Waals surface area contributed by atoms with Crippen LogP contribution in [0, 0.1) is 0 Å². The molecule has 0 amide bonds. The van der Waals surface area contributed by atoms with Crippen molar-refractivity contribution in [2.45, 2.75) is 46.0 Å². The molecule has 1 N–H and O–H groups in total. The predicted molar refractivity (Wildman–Crippen MR) is 64.6 cm³/mol. The van der Waals surface area contributed by atoms with E-state index in [0.29, 0.717) is 0 Å². The Morgan fingerprint density at radius 2 is 1.62 bits per heavy atom. The standard InChI is InChI=1S/C11H25NS/c1-3-5-6-10-13-11-7-9-12-8-4-2/h12H,3-11H2,1-2H3. The van der Waals surface area contributed by atoms with Crippen molar-refractivity contribution in [1.29, 1.82) is 0 Å². The summed E-state index contributed by atoms with van der Waals surface area (Å²) in [6.45, 7) is 6.86. The van der Waals surface area contributed by atoms with E-state index in [-0.39, 0.29) is 0 Å². The molecule has 0 aromatic carbocycles. The van der Waals surface area contributed by atoms with Crippen LogP contribution >= 0.6 is 11.8 Å². The Bertz CT molecular complexity index is 76.2. The van der Waals surface area contributed by atoms with Crippen LogP contribution in [0.4, 0.5) is 0 Å². The average molecular weight is 203 g/mol. The molecule has 0 radical (unpaired) electrons. The number of rotatable bonds is 10. The molecular formula is C11H25NS. The highest BCUT2D eigenvalue weighted by molar-refractivity contribution is 7.99. The number of hydrogen-bond donors (Lipinski definition) is 1. The number of nitrogens with one attached hydrogen (secondary N) is 1. The highest BCUT2D eigenvalue weighted by atomic mass is 32.2. The van der Waals surface area contributed by atoms with E-state index in [1.54, 1.807) is 0 Å². The summed E-state index contributed by atoms with van der Waals surface area (Å²) in [5.74, 6) is 2.70. The first-order valence-corrected chi connectivity index (χ1v) is 6.85. The van der Waals surface area contributed by atoms with E-state index in [1.165, 1.54) is 56.7 Å². The number of hydrogen-bond acceptors (Lipinski definition) is 2. The molecule has 0 aliphatic carbocycles. The molecule has 0 saturated carbocycles. The van der Waals surface area contributed by atoms with Crippen LogP contribution in [-0.4, -0.2) is 24.6 Å². The van der Waals surface area contributed by atoms with Crippen molar-refractivity contribution in [3.05, 3.63) is 0 Å². The van der Waals surface area contributed by atoms with E-state index >= 15 is 0 Å². The molecule has 0 heterocycles. The molecule has 13 heavy (non-hydrogen) atoms. The van der Waals surface area contributed by atoms with Gasteiger partial charge in [-0.05, 0) is 43.9 Å². The molecule has 0 fully saturated rings. The largest absolute Gasteiger partial charge is 0.317 e. The van der Waals surface area contributed by atoms with Crippen LogP contribution in [0.25, 0.3) is 0 Å². The zero-order chi connectivity index (χ0) is 9.78. The molecule has 0 aliphatic rings. The first kappa shape index (κ1) is 13.3. The zero-order valence-corrected chi connectivity index (χ0v) is 10.1. The summed E-state index contributed by atoms with van der Waals surface area (Å²) >= 11 is 2.11. The van der Waals surface area contributed by atoms with E-state index in [9.17, 15) is 0 Å². The molecule has 0 aromatic heterocycles. The van der Waals surface area contributed by atoms with E-state index in [0.717, 1.165) is 0 Å². The van der Waals surface area contributed by atoms with Gasteiger partial charge in [-0.2, -0.15) is 11.8 Å². The second kappa shape index (κ2) is 12.3. The lowest BCUT2D eigenvalue weighted by atomic mass is 10.3. The van der Waals surface area contributed by atoms with Crippen LogP contribution in [0.1, 0.15) is 46.0 Å². The van der Waals surface area contributed by atoms with E-state index in [2.05, 4.69) is 30.9 Å². The fourth-order valence-electron chi connectivity index (χ4n) is 1.16. The van der Waals surface area contributed by atoms with Gasteiger partial charge in [0, 0.05) is 0 Å². The molecule has 0 unspecified atom stereocenters. The van der Waals surface area contributed by atoms with Crippen LogP contribution in [0.2, 0.25) is 0 Å². The molecule has 0 atom stereocenters. The zero-order valence-electron chi connectivity index (χ0n) is 9.27. The summed E-state index contributed by atoms with van der Waals surface area (Å²) in [7, 11) is 0. The molecule has 0 spiro atoms. The van der Waals surface area contributed by atoms with Gasteiger partial charge >= 0.3 is 0 Å². The summed E-state index contributed by atoms with van der Waals surface area (Å²) in [6, 6.07) is 0. The monoisotopic (exact) mass is 203 g/mol.